The number of Topliss-reactive ketones (excluding diaryl/α,β-unsaturated/α-hetero) is 1. The second kappa shape index (κ2) is 9.10. The summed E-state index contributed by atoms with van der Waals surface area (Å²) in [6, 6.07) is 0.395. The maximum atomic E-state index is 14.9. The van der Waals surface area contributed by atoms with Gasteiger partial charge in [-0.05, 0) is 58.3 Å². The van der Waals surface area contributed by atoms with E-state index in [2.05, 4.69) is 16.9 Å². The van der Waals surface area contributed by atoms with Gasteiger partial charge in [0.25, 0.3) is 11.9 Å². The molecule has 2 aromatic rings. The Morgan fingerprint density at radius 3 is 2.39 bits per heavy atom. The molecule has 31 heavy (non-hydrogen) atoms. The third kappa shape index (κ3) is 5.17. The quantitative estimate of drug-likeness (QED) is 0.585. The van der Waals surface area contributed by atoms with Crippen LogP contribution in [-0.2, 0) is 16.6 Å². The van der Waals surface area contributed by atoms with Gasteiger partial charge in [0.05, 0.1) is 18.4 Å². The fourth-order valence-corrected chi connectivity index (χ4v) is 4.15. The second-order valence-electron chi connectivity index (χ2n) is 9.12. The normalized spacial score (nSPS) is 23.5. The predicted octanol–water partition coefficient (Wildman–Crippen LogP) is 4.36. The average molecular weight is 434 g/mol. The lowest BCUT2D eigenvalue weighted by Gasteiger charge is -2.32. The zero-order valence-corrected chi connectivity index (χ0v) is 18.8. The summed E-state index contributed by atoms with van der Waals surface area (Å²) in [5.74, 6) is -0.0421. The highest BCUT2D eigenvalue weighted by Gasteiger charge is 2.29. The van der Waals surface area contributed by atoms with Crippen molar-refractivity contribution in [1.29, 1.82) is 0 Å². The molecule has 4 rings (SSSR count). The monoisotopic (exact) mass is 433 g/mol. The number of fused-ring (bicyclic) bond motifs is 1. The van der Waals surface area contributed by atoms with Crippen LogP contribution in [0, 0.1) is 11.7 Å². The highest BCUT2D eigenvalue weighted by molar-refractivity contribution is 5.77. The van der Waals surface area contributed by atoms with Crippen LogP contribution in [0.4, 0.5) is 4.39 Å². The number of pyridine rings is 1. The number of carbonyl (C=O) groups excluding carboxylic acids is 1. The number of hydrogen-bond donors (Lipinski definition) is 0. The standard InChI is InChI=1S/C23H32FN3O4/c1-13(11-14(2)28)15(3)29-16-5-9-18(10-6-16)31-23-26-19-12-25-22(30-17-7-8-17)20(24)21(19)27(23)4/h12-13,15-18H,5-11H2,1-4H3/t13-,15-,16?,18?/m1/s1. The minimum Gasteiger partial charge on any atom is -0.472 e. The minimum absolute atomic E-state index is 0.0125. The van der Waals surface area contributed by atoms with E-state index in [0.29, 0.717) is 23.5 Å². The number of hydrogen-bond acceptors (Lipinski definition) is 6. The van der Waals surface area contributed by atoms with Gasteiger partial charge < -0.3 is 19.0 Å². The maximum Gasteiger partial charge on any atom is 0.297 e. The van der Waals surface area contributed by atoms with E-state index in [1.807, 2.05) is 6.92 Å². The number of aromatic nitrogens is 3. The summed E-state index contributed by atoms with van der Waals surface area (Å²) >= 11 is 0. The first-order valence-corrected chi connectivity index (χ1v) is 11.3. The van der Waals surface area contributed by atoms with E-state index < -0.39 is 5.82 Å². The molecule has 0 aliphatic heterocycles. The van der Waals surface area contributed by atoms with E-state index in [0.717, 1.165) is 38.5 Å². The van der Waals surface area contributed by atoms with Crippen LogP contribution < -0.4 is 9.47 Å². The Morgan fingerprint density at radius 2 is 1.74 bits per heavy atom. The first-order chi connectivity index (χ1) is 14.8. The van der Waals surface area contributed by atoms with Crippen LogP contribution in [0.2, 0.25) is 0 Å². The molecule has 2 aromatic heterocycles. The number of halogens is 1. The molecule has 0 spiro atoms. The second-order valence-corrected chi connectivity index (χ2v) is 9.12. The molecule has 2 saturated carbocycles. The number of ketones is 1. The van der Waals surface area contributed by atoms with Crippen LogP contribution in [0.25, 0.3) is 11.0 Å². The van der Waals surface area contributed by atoms with E-state index in [1.165, 1.54) is 6.20 Å². The summed E-state index contributed by atoms with van der Waals surface area (Å²) < 4.78 is 34.4. The molecule has 2 heterocycles. The summed E-state index contributed by atoms with van der Waals surface area (Å²) in [6.07, 6.45) is 7.76. The molecule has 2 fully saturated rings. The molecule has 8 heteroatoms. The molecule has 0 saturated heterocycles. The van der Waals surface area contributed by atoms with Gasteiger partial charge in [-0.1, -0.05) is 6.92 Å². The van der Waals surface area contributed by atoms with Crippen LogP contribution in [0.1, 0.15) is 65.7 Å². The fraction of sp³-hybridized carbons (Fsp3) is 0.696. The van der Waals surface area contributed by atoms with Crippen molar-refractivity contribution in [2.45, 2.75) is 90.1 Å². The minimum atomic E-state index is -0.486. The van der Waals surface area contributed by atoms with Gasteiger partial charge in [-0.15, -0.1) is 0 Å². The molecule has 2 atom stereocenters. The van der Waals surface area contributed by atoms with E-state index in [4.69, 9.17) is 14.2 Å². The van der Waals surface area contributed by atoms with E-state index >= 15 is 0 Å². The average Bonchev–Trinajstić information content (AvgIpc) is 3.48. The Hall–Kier alpha value is -2.22. The zero-order chi connectivity index (χ0) is 22.1. The molecule has 0 radical (unpaired) electrons. The predicted molar refractivity (Wildman–Crippen MR) is 114 cm³/mol. The first-order valence-electron chi connectivity index (χ1n) is 11.3. The molecular formula is C23H32FN3O4. The highest BCUT2D eigenvalue weighted by atomic mass is 19.1. The van der Waals surface area contributed by atoms with Gasteiger partial charge in [0.1, 0.15) is 29.0 Å². The molecule has 0 aromatic carbocycles. The Bertz CT molecular complexity index is 935. The zero-order valence-electron chi connectivity index (χ0n) is 18.8. The van der Waals surface area contributed by atoms with E-state index in [1.54, 1.807) is 18.5 Å². The molecule has 0 unspecified atom stereocenters. The van der Waals surface area contributed by atoms with Gasteiger partial charge in [0, 0.05) is 13.5 Å². The number of ether oxygens (including phenoxy) is 3. The molecule has 0 amide bonds. The Morgan fingerprint density at radius 1 is 1.13 bits per heavy atom. The molecule has 2 aliphatic rings. The van der Waals surface area contributed by atoms with Gasteiger partial charge in [0.15, 0.2) is 0 Å². The largest absolute Gasteiger partial charge is 0.472 e. The van der Waals surface area contributed by atoms with Crippen LogP contribution >= 0.6 is 0 Å². The van der Waals surface area contributed by atoms with Crippen molar-refractivity contribution in [3.63, 3.8) is 0 Å². The first kappa shape index (κ1) is 22.0. The van der Waals surface area contributed by atoms with Gasteiger partial charge in [-0.2, -0.15) is 9.37 Å². The van der Waals surface area contributed by atoms with Crippen molar-refractivity contribution in [3.8, 4) is 11.9 Å². The van der Waals surface area contributed by atoms with Crippen molar-refractivity contribution in [2.75, 3.05) is 0 Å². The molecule has 7 nitrogen and oxygen atoms in total. The molecule has 2 aliphatic carbocycles. The van der Waals surface area contributed by atoms with Crippen LogP contribution in [0.5, 0.6) is 11.9 Å². The summed E-state index contributed by atoms with van der Waals surface area (Å²) in [5.41, 5.74) is 0.814. The number of rotatable bonds is 9. The molecule has 170 valence electrons. The van der Waals surface area contributed by atoms with Crippen molar-refractivity contribution in [1.82, 2.24) is 14.5 Å². The maximum absolute atomic E-state index is 14.9. The number of imidazole rings is 1. The topological polar surface area (TPSA) is 75.5 Å². The van der Waals surface area contributed by atoms with E-state index in [9.17, 15) is 9.18 Å². The smallest absolute Gasteiger partial charge is 0.297 e. The Balaban J connectivity index is 1.34. The SMILES string of the molecule is CC(=O)C[C@@H](C)[C@@H](C)OC1CCC(Oc2nc3cnc(OC4CC4)c(F)c3n2C)CC1. The number of aryl methyl sites for hydroxylation is 1. The summed E-state index contributed by atoms with van der Waals surface area (Å²) in [7, 11) is 1.75. The third-order valence-corrected chi connectivity index (χ3v) is 6.29. The van der Waals surface area contributed by atoms with Gasteiger partial charge in [-0.25, -0.2) is 4.98 Å². The lowest BCUT2D eigenvalue weighted by molar-refractivity contribution is -0.120. The Labute approximate surface area is 182 Å². The van der Waals surface area contributed by atoms with Crippen molar-refractivity contribution in [3.05, 3.63) is 12.0 Å². The summed E-state index contributed by atoms with van der Waals surface area (Å²) in [6.45, 7) is 5.72. The van der Waals surface area contributed by atoms with E-state index in [-0.39, 0.29) is 42.0 Å². The highest BCUT2D eigenvalue weighted by Crippen LogP contribution is 2.33. The van der Waals surface area contributed by atoms with Crippen LogP contribution in [-0.4, -0.2) is 44.7 Å². The van der Waals surface area contributed by atoms with Crippen molar-refractivity contribution in [2.24, 2.45) is 13.0 Å². The fourth-order valence-electron chi connectivity index (χ4n) is 4.15. The van der Waals surface area contributed by atoms with Crippen LogP contribution in [0.3, 0.4) is 0 Å². The van der Waals surface area contributed by atoms with Crippen molar-refractivity contribution < 1.29 is 23.4 Å². The lowest BCUT2D eigenvalue weighted by Crippen LogP contribution is -2.33. The molecular weight excluding hydrogens is 401 g/mol. The lowest BCUT2D eigenvalue weighted by atomic mass is 9.94. The number of carbonyl (C=O) groups is 1. The van der Waals surface area contributed by atoms with Gasteiger partial charge >= 0.3 is 0 Å². The van der Waals surface area contributed by atoms with Gasteiger partial charge in [-0.3, -0.25) is 4.57 Å². The van der Waals surface area contributed by atoms with Gasteiger partial charge in [0.2, 0.25) is 5.82 Å². The summed E-state index contributed by atoms with van der Waals surface area (Å²) in [4.78, 5) is 19.9. The Kier molecular flexibility index (Phi) is 6.46. The summed E-state index contributed by atoms with van der Waals surface area (Å²) in [5, 5.41) is 0. The molecule has 0 bridgehead atoms. The van der Waals surface area contributed by atoms with Crippen molar-refractivity contribution >= 4 is 16.8 Å². The third-order valence-electron chi connectivity index (χ3n) is 6.29. The molecule has 0 N–H and O–H groups in total. The van der Waals surface area contributed by atoms with Crippen LogP contribution in [0.15, 0.2) is 6.20 Å². The number of nitrogens with zero attached hydrogens (tertiary/aromatic N) is 3.